The van der Waals surface area contributed by atoms with E-state index in [1.165, 1.54) is 19.3 Å². The number of carbonyl (C=O) groups is 1. The maximum absolute atomic E-state index is 12.2. The zero-order valence-corrected chi connectivity index (χ0v) is 12.5. The Hall–Kier alpha value is -0.280. The van der Waals surface area contributed by atoms with Crippen LogP contribution in [0.4, 0.5) is 0 Å². The molecule has 2 aliphatic heterocycles. The number of likely N-dealkylation sites (tertiary alicyclic amines) is 1. The lowest BCUT2D eigenvalue weighted by Gasteiger charge is -2.26. The number of halogens is 1. The van der Waals surface area contributed by atoms with Crippen molar-refractivity contribution in [3.8, 4) is 0 Å². The lowest BCUT2D eigenvalue weighted by molar-refractivity contribution is -0.132. The van der Waals surface area contributed by atoms with E-state index in [1.807, 2.05) is 0 Å². The smallest absolute Gasteiger partial charge is 0.222 e. The molecule has 0 aromatic heterocycles. The van der Waals surface area contributed by atoms with Gasteiger partial charge in [-0.05, 0) is 57.5 Å². The predicted molar refractivity (Wildman–Crippen MR) is 77.0 cm³/mol. The maximum Gasteiger partial charge on any atom is 0.222 e. The first-order valence-corrected chi connectivity index (χ1v) is 7.18. The number of carbonyl (C=O) groups excluding carboxylic acids is 1. The van der Waals surface area contributed by atoms with Crippen LogP contribution in [0.1, 0.15) is 46.0 Å². The van der Waals surface area contributed by atoms with Crippen LogP contribution in [0.5, 0.6) is 0 Å². The molecule has 2 heterocycles. The van der Waals surface area contributed by atoms with E-state index in [9.17, 15) is 4.79 Å². The fourth-order valence-corrected chi connectivity index (χ4v) is 3.09. The molecule has 4 heteroatoms. The van der Waals surface area contributed by atoms with Gasteiger partial charge in [0, 0.05) is 19.0 Å². The van der Waals surface area contributed by atoms with Crippen LogP contribution in [0.25, 0.3) is 0 Å². The van der Waals surface area contributed by atoms with Crippen molar-refractivity contribution in [3.05, 3.63) is 0 Å². The van der Waals surface area contributed by atoms with E-state index in [4.69, 9.17) is 0 Å². The van der Waals surface area contributed by atoms with Gasteiger partial charge in [-0.3, -0.25) is 4.79 Å². The number of piperidine rings is 1. The summed E-state index contributed by atoms with van der Waals surface area (Å²) in [7, 11) is 0. The molecule has 0 aromatic carbocycles. The van der Waals surface area contributed by atoms with Gasteiger partial charge < -0.3 is 10.2 Å². The largest absolute Gasteiger partial charge is 0.340 e. The standard InChI is InChI=1S/C14H26N2O.ClH/c1-11-7-10-16(12(11)2)14(17)4-3-13-5-8-15-9-6-13;/h11-13,15H,3-10H2,1-2H3;1H. The zero-order valence-electron chi connectivity index (χ0n) is 11.7. The van der Waals surface area contributed by atoms with Crippen LogP contribution in [0.3, 0.4) is 0 Å². The van der Waals surface area contributed by atoms with Crippen LogP contribution in [0, 0.1) is 11.8 Å². The normalized spacial score (nSPS) is 29.1. The number of nitrogens with one attached hydrogen (secondary N) is 1. The number of amides is 1. The summed E-state index contributed by atoms with van der Waals surface area (Å²) < 4.78 is 0. The van der Waals surface area contributed by atoms with E-state index in [0.29, 0.717) is 17.9 Å². The highest BCUT2D eigenvalue weighted by Gasteiger charge is 2.30. The summed E-state index contributed by atoms with van der Waals surface area (Å²) in [6.07, 6.45) is 5.54. The van der Waals surface area contributed by atoms with Gasteiger partial charge in [-0.25, -0.2) is 0 Å². The van der Waals surface area contributed by atoms with E-state index in [0.717, 1.165) is 38.4 Å². The summed E-state index contributed by atoms with van der Waals surface area (Å²) in [5, 5.41) is 3.37. The Morgan fingerprint density at radius 2 is 1.89 bits per heavy atom. The molecule has 0 aromatic rings. The molecule has 2 rings (SSSR count). The van der Waals surface area contributed by atoms with Crippen molar-refractivity contribution >= 4 is 18.3 Å². The van der Waals surface area contributed by atoms with Gasteiger partial charge in [0.15, 0.2) is 0 Å². The number of rotatable bonds is 3. The summed E-state index contributed by atoms with van der Waals surface area (Å²) in [5.41, 5.74) is 0. The first-order chi connectivity index (χ1) is 8.18. The number of hydrogen-bond acceptors (Lipinski definition) is 2. The van der Waals surface area contributed by atoms with E-state index in [1.54, 1.807) is 0 Å². The third-order valence-corrected chi connectivity index (χ3v) is 4.69. The summed E-state index contributed by atoms with van der Waals surface area (Å²) in [4.78, 5) is 14.3. The van der Waals surface area contributed by atoms with Crippen molar-refractivity contribution in [2.45, 2.75) is 52.0 Å². The summed E-state index contributed by atoms with van der Waals surface area (Å²) in [6, 6.07) is 0.454. The van der Waals surface area contributed by atoms with Crippen LogP contribution < -0.4 is 5.32 Å². The first-order valence-electron chi connectivity index (χ1n) is 7.18. The predicted octanol–water partition coefficient (Wildman–Crippen LogP) is 2.44. The minimum absolute atomic E-state index is 0. The first kappa shape index (κ1) is 15.8. The van der Waals surface area contributed by atoms with Crippen molar-refractivity contribution in [2.75, 3.05) is 19.6 Å². The Morgan fingerprint density at radius 3 is 2.44 bits per heavy atom. The molecule has 3 nitrogen and oxygen atoms in total. The molecule has 1 N–H and O–H groups in total. The van der Waals surface area contributed by atoms with Gasteiger partial charge in [-0.2, -0.15) is 0 Å². The Balaban J connectivity index is 0.00000162. The maximum atomic E-state index is 12.2. The highest BCUT2D eigenvalue weighted by atomic mass is 35.5. The Kier molecular flexibility index (Phi) is 6.44. The molecule has 0 spiro atoms. The zero-order chi connectivity index (χ0) is 12.3. The Morgan fingerprint density at radius 1 is 1.22 bits per heavy atom. The summed E-state index contributed by atoms with van der Waals surface area (Å²) in [5.74, 6) is 1.84. The number of hydrogen-bond donors (Lipinski definition) is 1. The summed E-state index contributed by atoms with van der Waals surface area (Å²) in [6.45, 7) is 7.70. The van der Waals surface area contributed by atoms with Crippen molar-refractivity contribution in [1.29, 1.82) is 0 Å². The van der Waals surface area contributed by atoms with E-state index in [2.05, 4.69) is 24.1 Å². The van der Waals surface area contributed by atoms with E-state index >= 15 is 0 Å². The molecule has 2 fully saturated rings. The average Bonchev–Trinajstić information content (AvgIpc) is 2.69. The molecule has 0 radical (unpaired) electrons. The van der Waals surface area contributed by atoms with Crippen LogP contribution in [-0.2, 0) is 4.79 Å². The van der Waals surface area contributed by atoms with Gasteiger partial charge in [-0.15, -0.1) is 12.4 Å². The fourth-order valence-electron chi connectivity index (χ4n) is 3.09. The Bertz CT molecular complexity index is 267. The van der Waals surface area contributed by atoms with Crippen molar-refractivity contribution in [2.24, 2.45) is 11.8 Å². The highest BCUT2D eigenvalue weighted by molar-refractivity contribution is 5.85. The molecular formula is C14H27ClN2O. The van der Waals surface area contributed by atoms with Crippen molar-refractivity contribution in [3.63, 3.8) is 0 Å². The lowest BCUT2D eigenvalue weighted by atomic mass is 9.93. The quantitative estimate of drug-likeness (QED) is 0.857. The minimum atomic E-state index is 0. The van der Waals surface area contributed by atoms with Crippen molar-refractivity contribution < 1.29 is 4.79 Å². The SMILES string of the molecule is CC1CCN(C(=O)CCC2CCNCC2)C1C.Cl. The van der Waals surface area contributed by atoms with Gasteiger partial charge in [-0.1, -0.05) is 6.92 Å². The highest BCUT2D eigenvalue weighted by Crippen LogP contribution is 2.25. The molecule has 0 aliphatic carbocycles. The Labute approximate surface area is 117 Å². The van der Waals surface area contributed by atoms with E-state index < -0.39 is 0 Å². The second-order valence-corrected chi connectivity index (χ2v) is 5.83. The van der Waals surface area contributed by atoms with Crippen molar-refractivity contribution in [1.82, 2.24) is 10.2 Å². The van der Waals surface area contributed by atoms with Crippen LogP contribution in [0.15, 0.2) is 0 Å². The third-order valence-electron chi connectivity index (χ3n) is 4.69. The van der Waals surface area contributed by atoms with Gasteiger partial charge in [0.2, 0.25) is 5.91 Å². The second kappa shape index (κ2) is 7.34. The lowest BCUT2D eigenvalue weighted by Crippen LogP contribution is -2.36. The molecule has 0 saturated carbocycles. The van der Waals surface area contributed by atoms with Gasteiger partial charge >= 0.3 is 0 Å². The molecule has 2 unspecified atom stereocenters. The van der Waals surface area contributed by atoms with Crippen LogP contribution in [-0.4, -0.2) is 36.5 Å². The molecule has 1 amide bonds. The molecule has 18 heavy (non-hydrogen) atoms. The topological polar surface area (TPSA) is 32.3 Å². The van der Waals surface area contributed by atoms with Gasteiger partial charge in [0.1, 0.15) is 0 Å². The van der Waals surface area contributed by atoms with E-state index in [-0.39, 0.29) is 12.4 Å². The number of nitrogens with zero attached hydrogens (tertiary/aromatic N) is 1. The fraction of sp³-hybridized carbons (Fsp3) is 0.929. The molecule has 2 atom stereocenters. The third kappa shape index (κ3) is 3.86. The van der Waals surface area contributed by atoms with Crippen LogP contribution in [0.2, 0.25) is 0 Å². The molecule has 2 aliphatic rings. The molecule has 0 bridgehead atoms. The van der Waals surface area contributed by atoms with Gasteiger partial charge in [0.05, 0.1) is 0 Å². The molecule has 106 valence electrons. The molecular weight excluding hydrogens is 248 g/mol. The minimum Gasteiger partial charge on any atom is -0.340 e. The second-order valence-electron chi connectivity index (χ2n) is 5.83. The van der Waals surface area contributed by atoms with Gasteiger partial charge in [0.25, 0.3) is 0 Å². The average molecular weight is 275 g/mol. The van der Waals surface area contributed by atoms with Crippen LogP contribution >= 0.6 is 12.4 Å². The monoisotopic (exact) mass is 274 g/mol. The molecule has 2 saturated heterocycles. The summed E-state index contributed by atoms with van der Waals surface area (Å²) >= 11 is 0.